The number of rotatable bonds is 16. The molecule has 0 aliphatic carbocycles. The molecule has 1 heterocycles. The van der Waals surface area contributed by atoms with Crippen molar-refractivity contribution in [1.29, 1.82) is 0 Å². The smallest absolute Gasteiger partial charge is 0.408 e. The number of ether oxygens (including phenoxy) is 1. The Labute approximate surface area is 278 Å². The maximum atomic E-state index is 14.0. The third-order valence-electron chi connectivity index (χ3n) is 8.00. The van der Waals surface area contributed by atoms with Crippen molar-refractivity contribution < 1.29 is 38.5 Å². The van der Waals surface area contributed by atoms with Gasteiger partial charge < -0.3 is 35.7 Å². The number of carbonyl (C=O) groups excluding carboxylic acids is 3. The molecule has 0 spiro atoms. The molecule has 3 unspecified atom stereocenters. The minimum Gasteiger partial charge on any atom is -0.481 e. The summed E-state index contributed by atoms with van der Waals surface area (Å²) in [5, 5.41) is 18.9. The third-order valence-corrected chi connectivity index (χ3v) is 10.2. The van der Waals surface area contributed by atoms with Crippen LogP contribution in [0.3, 0.4) is 0 Å². The topological polar surface area (TPSA) is 200 Å². The Hall–Kier alpha value is -5.00. The van der Waals surface area contributed by atoms with Gasteiger partial charge in [-0.2, -0.15) is 0 Å². The van der Waals surface area contributed by atoms with E-state index < -0.39 is 61.2 Å². The first-order valence-corrected chi connectivity index (χ1v) is 17.4. The summed E-state index contributed by atoms with van der Waals surface area (Å²) < 4.78 is 18.5. The van der Waals surface area contributed by atoms with Gasteiger partial charge in [-0.05, 0) is 27.8 Å². The first-order chi connectivity index (χ1) is 23.0. The number of aromatic amines is 1. The number of nitrogens with zero attached hydrogens (tertiary/aromatic N) is 1. The molecule has 5 atom stereocenters. The summed E-state index contributed by atoms with van der Waals surface area (Å²) in [6, 6.07) is 19.7. The number of imidazole rings is 1. The fourth-order valence-electron chi connectivity index (χ4n) is 5.30. The van der Waals surface area contributed by atoms with E-state index in [0.717, 1.165) is 21.9 Å². The van der Waals surface area contributed by atoms with Crippen molar-refractivity contribution in [2.24, 2.45) is 5.92 Å². The summed E-state index contributed by atoms with van der Waals surface area (Å²) >= 11 is 0. The van der Waals surface area contributed by atoms with Crippen molar-refractivity contribution in [3.8, 4) is 0 Å². The molecule has 4 rings (SSSR count). The van der Waals surface area contributed by atoms with Gasteiger partial charge in [-0.1, -0.05) is 93.1 Å². The molecule has 0 radical (unpaired) electrons. The van der Waals surface area contributed by atoms with Crippen molar-refractivity contribution in [3.05, 3.63) is 102 Å². The fraction of sp³-hybridized carbons (Fsp3) is 0.324. The molecule has 6 N–H and O–H groups in total. The summed E-state index contributed by atoms with van der Waals surface area (Å²) in [5.74, 6) is -4.96. The molecule has 0 aliphatic rings. The Bertz CT molecular complexity index is 1750. The Kier molecular flexibility index (Phi) is 12.5. The van der Waals surface area contributed by atoms with Gasteiger partial charge in [0, 0.05) is 19.0 Å². The molecule has 254 valence electrons. The molecule has 0 aliphatic heterocycles. The molecule has 1 aromatic heterocycles. The minimum absolute atomic E-state index is 0.0337. The van der Waals surface area contributed by atoms with Crippen molar-refractivity contribution in [3.63, 3.8) is 0 Å². The molecular weight excluding hydrogens is 637 g/mol. The molecule has 3 aromatic carbocycles. The van der Waals surface area contributed by atoms with Crippen LogP contribution in [0.5, 0.6) is 0 Å². The minimum atomic E-state index is -4.41. The Morgan fingerprint density at radius 2 is 1.56 bits per heavy atom. The van der Waals surface area contributed by atoms with Crippen LogP contribution in [-0.4, -0.2) is 67.9 Å². The van der Waals surface area contributed by atoms with Gasteiger partial charge >= 0.3 is 12.1 Å². The van der Waals surface area contributed by atoms with Crippen molar-refractivity contribution in [1.82, 2.24) is 25.9 Å². The number of hydrogen-bond donors (Lipinski definition) is 6. The van der Waals surface area contributed by atoms with Crippen LogP contribution < -0.4 is 16.0 Å². The summed E-state index contributed by atoms with van der Waals surface area (Å²) in [7, 11) is -4.41. The SMILES string of the molecule is CCC(C)C(NC(=O)[C@H](Cc1c[nH]cn1)NC(=O)[C@@H](Cc1cccc2ccccc12)NC(=O)OCc1ccccc1)P(=O)(O)CC(=O)O. The average molecular weight is 678 g/mol. The quantitative estimate of drug-likeness (QED) is 0.0950. The monoisotopic (exact) mass is 677 g/mol. The van der Waals surface area contributed by atoms with Gasteiger partial charge in [-0.15, -0.1) is 0 Å². The highest BCUT2D eigenvalue weighted by molar-refractivity contribution is 7.59. The second-order valence-corrected chi connectivity index (χ2v) is 14.0. The molecule has 13 nitrogen and oxygen atoms in total. The maximum Gasteiger partial charge on any atom is 0.408 e. The summed E-state index contributed by atoms with van der Waals surface area (Å²) in [4.78, 5) is 69.7. The number of carboxylic acid groups (broad SMARTS) is 1. The van der Waals surface area contributed by atoms with E-state index in [0.29, 0.717) is 12.1 Å². The lowest BCUT2D eigenvalue weighted by atomic mass is 9.98. The predicted molar refractivity (Wildman–Crippen MR) is 179 cm³/mol. The van der Waals surface area contributed by atoms with Crippen LogP contribution in [0.15, 0.2) is 85.3 Å². The molecule has 3 amide bonds. The lowest BCUT2D eigenvalue weighted by Gasteiger charge is -2.30. The number of carboxylic acids is 1. The number of alkyl carbamates (subject to hydrolysis) is 1. The largest absolute Gasteiger partial charge is 0.481 e. The van der Waals surface area contributed by atoms with E-state index in [9.17, 15) is 33.7 Å². The van der Waals surface area contributed by atoms with E-state index in [2.05, 4.69) is 25.9 Å². The van der Waals surface area contributed by atoms with Gasteiger partial charge in [0.25, 0.3) is 0 Å². The third kappa shape index (κ3) is 10.00. The van der Waals surface area contributed by atoms with Gasteiger partial charge in [0.15, 0.2) is 0 Å². The highest BCUT2D eigenvalue weighted by Crippen LogP contribution is 2.48. The molecular formula is C34H40N5O8P. The number of nitrogens with one attached hydrogen (secondary N) is 4. The van der Waals surface area contributed by atoms with E-state index in [1.807, 2.05) is 48.5 Å². The van der Waals surface area contributed by atoms with Crippen LogP contribution in [0.1, 0.15) is 37.1 Å². The number of H-pyrrole nitrogens is 1. The van der Waals surface area contributed by atoms with Crippen LogP contribution in [0.2, 0.25) is 0 Å². The highest BCUT2D eigenvalue weighted by Gasteiger charge is 2.39. The predicted octanol–water partition coefficient (Wildman–Crippen LogP) is 3.97. The molecule has 0 fully saturated rings. The Balaban J connectivity index is 1.61. The van der Waals surface area contributed by atoms with E-state index in [1.165, 1.54) is 12.5 Å². The number of aromatic nitrogens is 2. The summed E-state index contributed by atoms with van der Waals surface area (Å²) in [5.41, 5.74) is 1.92. The molecule has 0 bridgehead atoms. The summed E-state index contributed by atoms with van der Waals surface area (Å²) in [6.45, 7) is 3.34. The van der Waals surface area contributed by atoms with Gasteiger partial charge in [-0.3, -0.25) is 18.9 Å². The average Bonchev–Trinajstić information content (AvgIpc) is 3.58. The number of amides is 3. The number of fused-ring (bicyclic) bond motifs is 1. The first-order valence-electron chi connectivity index (χ1n) is 15.5. The van der Waals surface area contributed by atoms with Crippen molar-refractivity contribution in [2.45, 2.75) is 57.6 Å². The zero-order chi connectivity index (χ0) is 34.7. The molecule has 14 heteroatoms. The highest BCUT2D eigenvalue weighted by atomic mass is 31.2. The number of aliphatic carboxylic acids is 1. The van der Waals surface area contributed by atoms with Gasteiger partial charge in [0.2, 0.25) is 19.2 Å². The van der Waals surface area contributed by atoms with Crippen LogP contribution in [0.25, 0.3) is 10.8 Å². The molecule has 4 aromatic rings. The van der Waals surface area contributed by atoms with Crippen LogP contribution in [-0.2, 0) is 43.1 Å². The van der Waals surface area contributed by atoms with Crippen LogP contribution >= 0.6 is 7.37 Å². The molecule has 0 saturated heterocycles. The Morgan fingerprint density at radius 3 is 2.25 bits per heavy atom. The van der Waals surface area contributed by atoms with Gasteiger partial charge in [0.05, 0.1) is 12.0 Å². The zero-order valence-corrected chi connectivity index (χ0v) is 27.6. The maximum absolute atomic E-state index is 14.0. The van der Waals surface area contributed by atoms with E-state index in [4.69, 9.17) is 4.74 Å². The van der Waals surface area contributed by atoms with Crippen LogP contribution in [0, 0.1) is 5.92 Å². The second-order valence-electron chi connectivity index (χ2n) is 11.6. The van der Waals surface area contributed by atoms with Gasteiger partial charge in [-0.25, -0.2) is 9.78 Å². The van der Waals surface area contributed by atoms with E-state index >= 15 is 0 Å². The van der Waals surface area contributed by atoms with Crippen molar-refractivity contribution >= 4 is 42.0 Å². The lowest BCUT2D eigenvalue weighted by Crippen LogP contribution is -2.56. The lowest BCUT2D eigenvalue weighted by molar-refractivity contribution is -0.134. The number of carbonyl (C=O) groups is 4. The Morgan fingerprint density at radius 1 is 0.896 bits per heavy atom. The first kappa shape index (κ1) is 35.8. The normalized spacial score (nSPS) is 14.9. The van der Waals surface area contributed by atoms with E-state index in [-0.39, 0.29) is 19.4 Å². The standard InChI is InChI=1S/C34H40N5O8P/c1-3-22(2)33(48(45,46)20-30(40)41)39-32(43)29(17-26-18-35-21-36-26)37-31(42)28(38-34(44)47-19-23-10-5-4-6-11-23)16-25-14-9-13-24-12-7-8-15-27(24)25/h4-15,18,21-22,28-29,33H,3,16-17,19-20H2,1-2H3,(H,35,36)(H,37,42)(H,38,44)(H,39,43)(H,40,41)(H,45,46)/t22?,28-,29+,33?/m1/s1. The zero-order valence-electron chi connectivity index (χ0n) is 26.7. The molecule has 0 saturated carbocycles. The molecule has 48 heavy (non-hydrogen) atoms. The second kappa shape index (κ2) is 16.7. The van der Waals surface area contributed by atoms with E-state index in [1.54, 1.807) is 38.1 Å². The number of hydrogen-bond acceptors (Lipinski definition) is 7. The summed E-state index contributed by atoms with van der Waals surface area (Å²) in [6.07, 6.45) is 1.35. The fourth-order valence-corrected chi connectivity index (χ4v) is 7.22. The van der Waals surface area contributed by atoms with Crippen LogP contribution in [0.4, 0.5) is 4.79 Å². The van der Waals surface area contributed by atoms with Gasteiger partial charge in [0.1, 0.15) is 30.6 Å². The van der Waals surface area contributed by atoms with Crippen molar-refractivity contribution in [2.75, 3.05) is 6.16 Å². The number of benzene rings is 3.